The Kier molecular flexibility index (Phi) is 7.58. The lowest BCUT2D eigenvalue weighted by Crippen LogP contribution is -2.15. The van der Waals surface area contributed by atoms with Crippen LogP contribution in [0.2, 0.25) is 10.0 Å². The molecule has 29 heavy (non-hydrogen) atoms. The van der Waals surface area contributed by atoms with Crippen LogP contribution in [-0.2, 0) is 16.0 Å². The standard InChI is InChI=1S/C22H18Cl2N2O2S/c23-16-10-17(24)12-19(11-16)26-22(28)14-29-20-8-4-7-18(13-20)25-21(27)9-15-5-2-1-3-6-15/h1-8,10-13H,9,14H2,(H,25,27)(H,26,28). The molecule has 0 aliphatic rings. The molecule has 0 saturated heterocycles. The van der Waals surface area contributed by atoms with Crippen LogP contribution in [0.15, 0.2) is 77.7 Å². The molecular weight excluding hydrogens is 427 g/mol. The molecule has 0 fully saturated rings. The van der Waals surface area contributed by atoms with E-state index < -0.39 is 0 Å². The van der Waals surface area contributed by atoms with Gasteiger partial charge in [-0.25, -0.2) is 0 Å². The Morgan fingerprint density at radius 2 is 1.45 bits per heavy atom. The Hall–Kier alpha value is -2.47. The van der Waals surface area contributed by atoms with Crippen molar-refractivity contribution >= 4 is 58.2 Å². The van der Waals surface area contributed by atoms with E-state index in [4.69, 9.17) is 23.2 Å². The minimum atomic E-state index is -0.174. The maximum absolute atomic E-state index is 12.2. The zero-order valence-electron chi connectivity index (χ0n) is 15.3. The van der Waals surface area contributed by atoms with E-state index in [1.165, 1.54) is 11.8 Å². The first kappa shape index (κ1) is 21.2. The predicted octanol–water partition coefficient (Wildman–Crippen LogP) is 5.91. The Labute approximate surface area is 183 Å². The van der Waals surface area contributed by atoms with Crippen molar-refractivity contribution in [3.63, 3.8) is 0 Å². The summed E-state index contributed by atoms with van der Waals surface area (Å²) >= 11 is 13.3. The van der Waals surface area contributed by atoms with Crippen LogP contribution in [-0.4, -0.2) is 17.6 Å². The number of anilines is 2. The van der Waals surface area contributed by atoms with Gasteiger partial charge >= 0.3 is 0 Å². The van der Waals surface area contributed by atoms with Gasteiger partial charge in [0.15, 0.2) is 0 Å². The summed E-state index contributed by atoms with van der Waals surface area (Å²) in [5.41, 5.74) is 2.20. The number of rotatable bonds is 7. The lowest BCUT2D eigenvalue weighted by molar-refractivity contribution is -0.115. The smallest absolute Gasteiger partial charge is 0.234 e. The molecule has 0 spiro atoms. The van der Waals surface area contributed by atoms with Gasteiger partial charge in [-0.1, -0.05) is 59.6 Å². The van der Waals surface area contributed by atoms with Crippen LogP contribution < -0.4 is 10.6 Å². The summed E-state index contributed by atoms with van der Waals surface area (Å²) < 4.78 is 0. The minimum absolute atomic E-state index is 0.0890. The number of hydrogen-bond donors (Lipinski definition) is 2. The number of benzene rings is 3. The van der Waals surface area contributed by atoms with Gasteiger partial charge in [0.1, 0.15) is 0 Å². The van der Waals surface area contributed by atoms with Crippen LogP contribution in [0.5, 0.6) is 0 Å². The number of amides is 2. The van der Waals surface area contributed by atoms with Crippen molar-refractivity contribution in [2.75, 3.05) is 16.4 Å². The van der Waals surface area contributed by atoms with Crippen LogP contribution in [0.4, 0.5) is 11.4 Å². The first-order chi connectivity index (χ1) is 14.0. The second-order valence-corrected chi connectivity index (χ2v) is 8.15. The molecule has 148 valence electrons. The van der Waals surface area contributed by atoms with E-state index in [2.05, 4.69) is 10.6 Å². The number of carbonyl (C=O) groups excluding carboxylic acids is 2. The maximum atomic E-state index is 12.2. The molecule has 0 unspecified atom stereocenters. The van der Waals surface area contributed by atoms with Gasteiger partial charge in [0.2, 0.25) is 11.8 Å². The summed E-state index contributed by atoms with van der Waals surface area (Å²) in [7, 11) is 0. The molecule has 7 heteroatoms. The van der Waals surface area contributed by atoms with E-state index in [1.54, 1.807) is 18.2 Å². The summed E-state index contributed by atoms with van der Waals surface area (Å²) in [4.78, 5) is 25.3. The molecule has 3 rings (SSSR count). The van der Waals surface area contributed by atoms with Gasteiger partial charge in [-0.3, -0.25) is 9.59 Å². The highest BCUT2D eigenvalue weighted by Crippen LogP contribution is 2.24. The fourth-order valence-electron chi connectivity index (χ4n) is 2.62. The third kappa shape index (κ3) is 7.13. The summed E-state index contributed by atoms with van der Waals surface area (Å²) in [6.07, 6.45) is 0.308. The summed E-state index contributed by atoms with van der Waals surface area (Å²) in [5, 5.41) is 6.57. The molecule has 4 nitrogen and oxygen atoms in total. The normalized spacial score (nSPS) is 10.4. The average Bonchev–Trinajstić information content (AvgIpc) is 2.66. The zero-order chi connectivity index (χ0) is 20.6. The molecule has 0 aliphatic heterocycles. The predicted molar refractivity (Wildman–Crippen MR) is 121 cm³/mol. The summed E-state index contributed by atoms with van der Waals surface area (Å²) in [6, 6.07) is 21.8. The van der Waals surface area contributed by atoms with Gasteiger partial charge in [-0.05, 0) is 42.0 Å². The molecule has 0 saturated carbocycles. The highest BCUT2D eigenvalue weighted by atomic mass is 35.5. The molecule has 0 bridgehead atoms. The first-order valence-electron chi connectivity index (χ1n) is 8.80. The van der Waals surface area contributed by atoms with Gasteiger partial charge in [0.05, 0.1) is 12.2 Å². The lowest BCUT2D eigenvalue weighted by Gasteiger charge is -2.09. The van der Waals surface area contributed by atoms with E-state index in [0.29, 0.717) is 27.8 Å². The van der Waals surface area contributed by atoms with E-state index in [0.717, 1.165) is 10.5 Å². The van der Waals surface area contributed by atoms with E-state index >= 15 is 0 Å². The minimum Gasteiger partial charge on any atom is -0.326 e. The second-order valence-electron chi connectivity index (χ2n) is 6.23. The molecule has 0 radical (unpaired) electrons. The second kappa shape index (κ2) is 10.3. The van der Waals surface area contributed by atoms with Gasteiger partial charge in [-0.15, -0.1) is 11.8 Å². The number of nitrogens with one attached hydrogen (secondary N) is 2. The van der Waals surface area contributed by atoms with Crippen molar-refractivity contribution in [1.29, 1.82) is 0 Å². The first-order valence-corrected chi connectivity index (χ1v) is 10.5. The van der Waals surface area contributed by atoms with Crippen molar-refractivity contribution < 1.29 is 9.59 Å². The van der Waals surface area contributed by atoms with Crippen molar-refractivity contribution in [2.24, 2.45) is 0 Å². The number of halogens is 2. The molecule has 2 N–H and O–H groups in total. The molecule has 0 atom stereocenters. The molecule has 2 amide bonds. The van der Waals surface area contributed by atoms with Crippen molar-refractivity contribution in [3.8, 4) is 0 Å². The van der Waals surface area contributed by atoms with Crippen molar-refractivity contribution in [1.82, 2.24) is 0 Å². The van der Waals surface area contributed by atoms with Crippen molar-refractivity contribution in [3.05, 3.63) is 88.4 Å². The lowest BCUT2D eigenvalue weighted by atomic mass is 10.1. The van der Waals surface area contributed by atoms with Crippen LogP contribution in [0, 0.1) is 0 Å². The third-order valence-corrected chi connectivity index (χ3v) is 5.27. The molecule has 0 aromatic heterocycles. The van der Waals surface area contributed by atoms with Gasteiger partial charge < -0.3 is 10.6 Å². The fourth-order valence-corrected chi connectivity index (χ4v) is 3.90. The fraction of sp³-hybridized carbons (Fsp3) is 0.0909. The molecule has 3 aromatic carbocycles. The SMILES string of the molecule is O=C(CSc1cccc(NC(=O)Cc2ccccc2)c1)Nc1cc(Cl)cc(Cl)c1. The molecular formula is C22H18Cl2N2O2S. The zero-order valence-corrected chi connectivity index (χ0v) is 17.7. The topological polar surface area (TPSA) is 58.2 Å². The monoisotopic (exact) mass is 444 g/mol. The summed E-state index contributed by atoms with van der Waals surface area (Å²) in [6.45, 7) is 0. The van der Waals surface area contributed by atoms with E-state index in [-0.39, 0.29) is 17.6 Å². The quantitative estimate of drug-likeness (QED) is 0.445. The number of hydrogen-bond acceptors (Lipinski definition) is 3. The Balaban J connectivity index is 1.52. The average molecular weight is 445 g/mol. The van der Waals surface area contributed by atoms with Gasteiger partial charge in [0.25, 0.3) is 0 Å². The van der Waals surface area contributed by atoms with E-state index in [1.807, 2.05) is 54.6 Å². The highest BCUT2D eigenvalue weighted by molar-refractivity contribution is 8.00. The van der Waals surface area contributed by atoms with E-state index in [9.17, 15) is 9.59 Å². The highest BCUT2D eigenvalue weighted by Gasteiger charge is 2.08. The molecule has 0 heterocycles. The van der Waals surface area contributed by atoms with Crippen LogP contribution in [0.1, 0.15) is 5.56 Å². The number of carbonyl (C=O) groups is 2. The Morgan fingerprint density at radius 1 is 0.759 bits per heavy atom. The van der Waals surface area contributed by atoms with Crippen LogP contribution in [0.3, 0.4) is 0 Å². The summed E-state index contributed by atoms with van der Waals surface area (Å²) in [5.74, 6) is -0.0493. The maximum Gasteiger partial charge on any atom is 0.234 e. The molecule has 3 aromatic rings. The molecule has 0 aliphatic carbocycles. The number of thioether (sulfide) groups is 1. The largest absolute Gasteiger partial charge is 0.326 e. The van der Waals surface area contributed by atoms with Gasteiger partial charge in [0, 0.05) is 26.3 Å². The Morgan fingerprint density at radius 3 is 2.17 bits per heavy atom. The van der Waals surface area contributed by atoms with Gasteiger partial charge in [-0.2, -0.15) is 0 Å². The van der Waals surface area contributed by atoms with Crippen LogP contribution >= 0.6 is 35.0 Å². The van der Waals surface area contributed by atoms with Crippen LogP contribution in [0.25, 0.3) is 0 Å². The third-order valence-electron chi connectivity index (χ3n) is 3.84. The van der Waals surface area contributed by atoms with Crippen molar-refractivity contribution in [2.45, 2.75) is 11.3 Å². The Bertz CT molecular complexity index is 992.